The fourth-order valence-electron chi connectivity index (χ4n) is 5.30. The van der Waals surface area contributed by atoms with Crippen molar-refractivity contribution in [1.29, 1.82) is 0 Å². The van der Waals surface area contributed by atoms with Crippen LogP contribution < -0.4 is 20.9 Å². The third kappa shape index (κ3) is 8.42. The highest BCUT2D eigenvalue weighted by atomic mass is 35.5. The average molecular weight is 640 g/mol. The molecule has 0 radical (unpaired) electrons. The SMILES string of the molecule is COc1ccc(-n2nc(Sc3ccc(Cl)cc3)cc(CC[C@H](C)NC(=O)[C@H]3CNCC[C@@H]3c3ccccc3)c2=O)cc1.Cl. The molecule has 0 spiro atoms. The van der Waals surface area contributed by atoms with E-state index in [2.05, 4.69) is 27.9 Å². The molecule has 226 valence electrons. The summed E-state index contributed by atoms with van der Waals surface area (Å²) in [6, 6.07) is 26.8. The molecular formula is C33H36Cl2N4O3S. The number of piperidine rings is 1. The molecule has 0 unspecified atom stereocenters. The molecule has 1 saturated heterocycles. The lowest BCUT2D eigenvalue weighted by atomic mass is 9.80. The minimum Gasteiger partial charge on any atom is -0.497 e. The van der Waals surface area contributed by atoms with Gasteiger partial charge in [-0.05, 0) is 98.8 Å². The first kappa shape index (κ1) is 32.6. The van der Waals surface area contributed by atoms with E-state index in [1.54, 1.807) is 7.11 Å². The monoisotopic (exact) mass is 638 g/mol. The Balaban J connectivity index is 0.00000423. The van der Waals surface area contributed by atoms with Crippen molar-refractivity contribution >= 4 is 41.7 Å². The molecule has 2 heterocycles. The molecule has 7 nitrogen and oxygen atoms in total. The quantitative estimate of drug-likeness (QED) is 0.212. The zero-order valence-electron chi connectivity index (χ0n) is 24.2. The highest BCUT2D eigenvalue weighted by Crippen LogP contribution is 2.31. The number of rotatable bonds is 10. The van der Waals surface area contributed by atoms with E-state index in [0.717, 1.165) is 17.9 Å². The fraction of sp³-hybridized carbons (Fsp3) is 0.303. The first-order valence-electron chi connectivity index (χ1n) is 14.2. The molecule has 1 aromatic heterocycles. The molecule has 10 heteroatoms. The molecule has 4 aromatic rings. The van der Waals surface area contributed by atoms with E-state index in [1.807, 2.05) is 79.7 Å². The first-order chi connectivity index (χ1) is 20.4. The van der Waals surface area contributed by atoms with Gasteiger partial charge in [-0.3, -0.25) is 9.59 Å². The number of halogens is 2. The number of nitrogens with zero attached hydrogens (tertiary/aromatic N) is 2. The molecule has 3 aromatic carbocycles. The van der Waals surface area contributed by atoms with Crippen molar-refractivity contribution in [2.45, 2.75) is 48.1 Å². The van der Waals surface area contributed by atoms with E-state index < -0.39 is 0 Å². The van der Waals surface area contributed by atoms with Gasteiger partial charge in [-0.2, -0.15) is 9.78 Å². The molecule has 43 heavy (non-hydrogen) atoms. The van der Waals surface area contributed by atoms with Crippen LogP contribution in [0, 0.1) is 5.92 Å². The molecule has 0 aliphatic carbocycles. The van der Waals surface area contributed by atoms with Gasteiger partial charge in [0.05, 0.1) is 18.7 Å². The topological polar surface area (TPSA) is 85.2 Å². The Morgan fingerprint density at radius 3 is 2.53 bits per heavy atom. The van der Waals surface area contributed by atoms with Gasteiger partial charge in [-0.25, -0.2) is 0 Å². The summed E-state index contributed by atoms with van der Waals surface area (Å²) in [6.45, 7) is 3.55. The van der Waals surface area contributed by atoms with E-state index >= 15 is 0 Å². The minimum atomic E-state index is -0.181. The third-order valence-corrected chi connectivity index (χ3v) is 8.77. The molecule has 1 aliphatic rings. The average Bonchev–Trinajstić information content (AvgIpc) is 3.02. The lowest BCUT2D eigenvalue weighted by Crippen LogP contribution is -2.47. The highest BCUT2D eigenvalue weighted by Gasteiger charge is 2.32. The first-order valence-corrected chi connectivity index (χ1v) is 15.4. The summed E-state index contributed by atoms with van der Waals surface area (Å²) in [6.07, 6.45) is 2.04. The van der Waals surface area contributed by atoms with Gasteiger partial charge in [-0.15, -0.1) is 12.4 Å². The van der Waals surface area contributed by atoms with Crippen LogP contribution in [0.25, 0.3) is 5.69 Å². The van der Waals surface area contributed by atoms with Crippen LogP contribution in [0.5, 0.6) is 5.75 Å². The fourth-order valence-corrected chi connectivity index (χ4v) is 6.26. The lowest BCUT2D eigenvalue weighted by Gasteiger charge is -2.32. The summed E-state index contributed by atoms with van der Waals surface area (Å²) >= 11 is 7.54. The second kappa shape index (κ2) is 15.4. The number of hydrogen-bond acceptors (Lipinski definition) is 6. The van der Waals surface area contributed by atoms with Gasteiger partial charge in [-0.1, -0.05) is 53.7 Å². The largest absolute Gasteiger partial charge is 0.497 e. The van der Waals surface area contributed by atoms with Crippen LogP contribution >= 0.6 is 35.8 Å². The highest BCUT2D eigenvalue weighted by molar-refractivity contribution is 7.99. The molecule has 1 aliphatic heterocycles. The van der Waals surface area contributed by atoms with Crippen LogP contribution in [0.3, 0.4) is 0 Å². The van der Waals surface area contributed by atoms with Crippen molar-refractivity contribution in [1.82, 2.24) is 20.4 Å². The number of amides is 1. The van der Waals surface area contributed by atoms with Crippen LogP contribution in [-0.2, 0) is 11.2 Å². The van der Waals surface area contributed by atoms with Gasteiger partial charge < -0.3 is 15.4 Å². The molecule has 0 saturated carbocycles. The number of aryl methyl sites for hydroxylation is 1. The van der Waals surface area contributed by atoms with E-state index in [4.69, 9.17) is 16.3 Å². The molecule has 1 amide bonds. The van der Waals surface area contributed by atoms with Gasteiger partial charge in [0.15, 0.2) is 0 Å². The maximum Gasteiger partial charge on any atom is 0.274 e. The van der Waals surface area contributed by atoms with Crippen LogP contribution in [0.2, 0.25) is 5.02 Å². The van der Waals surface area contributed by atoms with Gasteiger partial charge in [0, 0.05) is 28.1 Å². The predicted octanol–water partition coefficient (Wildman–Crippen LogP) is 6.30. The molecule has 1 fully saturated rings. The number of methoxy groups -OCH3 is 1. The Morgan fingerprint density at radius 2 is 1.84 bits per heavy atom. The van der Waals surface area contributed by atoms with E-state index in [-0.39, 0.29) is 41.8 Å². The van der Waals surface area contributed by atoms with Crippen molar-refractivity contribution < 1.29 is 9.53 Å². The molecule has 3 atom stereocenters. The van der Waals surface area contributed by atoms with E-state index in [9.17, 15) is 9.59 Å². The van der Waals surface area contributed by atoms with Crippen LogP contribution in [-0.4, -0.2) is 41.9 Å². The van der Waals surface area contributed by atoms with Gasteiger partial charge in [0.1, 0.15) is 10.8 Å². The van der Waals surface area contributed by atoms with Crippen LogP contribution in [0.1, 0.15) is 36.8 Å². The summed E-state index contributed by atoms with van der Waals surface area (Å²) in [7, 11) is 1.60. The van der Waals surface area contributed by atoms with Crippen LogP contribution in [0.15, 0.2) is 99.6 Å². The Labute approximate surface area is 267 Å². The number of ether oxygens (including phenoxy) is 1. The summed E-state index contributed by atoms with van der Waals surface area (Å²) in [5.41, 5.74) is 2.31. The second-order valence-corrected chi connectivity index (χ2v) is 12.1. The smallest absolute Gasteiger partial charge is 0.274 e. The summed E-state index contributed by atoms with van der Waals surface area (Å²) in [5.74, 6) is 0.794. The number of carbonyl (C=O) groups is 1. The Bertz CT molecular complexity index is 1550. The molecule has 5 rings (SSSR count). The summed E-state index contributed by atoms with van der Waals surface area (Å²) in [5, 5.41) is 12.6. The predicted molar refractivity (Wildman–Crippen MR) is 175 cm³/mol. The minimum absolute atomic E-state index is 0. The molecule has 0 bridgehead atoms. The number of carbonyl (C=O) groups excluding carboxylic acids is 1. The lowest BCUT2D eigenvalue weighted by molar-refractivity contribution is -0.126. The maximum atomic E-state index is 13.6. The van der Waals surface area contributed by atoms with Crippen molar-refractivity contribution in [3.05, 3.63) is 111 Å². The Kier molecular flexibility index (Phi) is 11.7. The van der Waals surface area contributed by atoms with Gasteiger partial charge in [0.25, 0.3) is 5.56 Å². The second-order valence-electron chi connectivity index (χ2n) is 10.5. The van der Waals surface area contributed by atoms with Crippen molar-refractivity contribution in [3.63, 3.8) is 0 Å². The van der Waals surface area contributed by atoms with Gasteiger partial charge >= 0.3 is 0 Å². The summed E-state index contributed by atoms with van der Waals surface area (Å²) < 4.78 is 6.72. The van der Waals surface area contributed by atoms with Crippen LogP contribution in [0.4, 0.5) is 0 Å². The van der Waals surface area contributed by atoms with Gasteiger partial charge in [0.2, 0.25) is 5.91 Å². The number of nitrogens with one attached hydrogen (secondary N) is 2. The van der Waals surface area contributed by atoms with Crippen molar-refractivity contribution in [2.24, 2.45) is 5.92 Å². The van der Waals surface area contributed by atoms with E-state index in [0.29, 0.717) is 46.4 Å². The molecular weight excluding hydrogens is 603 g/mol. The Hall–Kier alpha value is -3.30. The zero-order valence-corrected chi connectivity index (χ0v) is 26.6. The number of hydrogen-bond donors (Lipinski definition) is 2. The number of aromatic nitrogens is 2. The Morgan fingerprint density at radius 1 is 1.12 bits per heavy atom. The van der Waals surface area contributed by atoms with Crippen molar-refractivity contribution in [2.75, 3.05) is 20.2 Å². The number of benzene rings is 3. The third-order valence-electron chi connectivity index (χ3n) is 7.60. The zero-order chi connectivity index (χ0) is 29.5. The molecule has 2 N–H and O–H groups in total. The van der Waals surface area contributed by atoms with Crippen molar-refractivity contribution in [3.8, 4) is 11.4 Å². The standard InChI is InChI=1S/C33H35ClN4O3S.ClH/c1-22(36-32(39)30-21-35-19-18-29(30)23-6-4-3-5-7-23)8-9-24-20-31(42-28-16-10-25(34)11-17-28)37-38(33(24)40)26-12-14-27(41-2)15-13-26;/h3-7,10-17,20,22,29-30,35H,8-9,18-19,21H2,1-2H3,(H,36,39);1H/t22-,29+,30-;/m0./s1. The normalized spacial score (nSPS) is 17.0. The van der Waals surface area contributed by atoms with E-state index in [1.165, 1.54) is 22.0 Å². The maximum absolute atomic E-state index is 13.6. The summed E-state index contributed by atoms with van der Waals surface area (Å²) in [4.78, 5) is 28.0.